The molecular weight excluding hydrogens is 208 g/mol. The van der Waals surface area contributed by atoms with E-state index in [1.165, 1.54) is 7.11 Å². The molecule has 1 saturated heterocycles. The Morgan fingerprint density at radius 1 is 1.56 bits per heavy atom. The van der Waals surface area contributed by atoms with Crippen molar-refractivity contribution in [2.24, 2.45) is 0 Å². The highest BCUT2D eigenvalue weighted by Gasteiger charge is 2.38. The lowest BCUT2D eigenvalue weighted by Crippen LogP contribution is -2.47. The molecule has 2 N–H and O–H groups in total. The van der Waals surface area contributed by atoms with E-state index in [0.717, 1.165) is 13.0 Å². The van der Waals surface area contributed by atoms with Crippen LogP contribution in [0.3, 0.4) is 0 Å². The number of hydrogen-bond donors (Lipinski definition) is 2. The fourth-order valence-corrected chi connectivity index (χ4v) is 2.24. The van der Waals surface area contributed by atoms with E-state index >= 15 is 0 Å². The third kappa shape index (κ3) is 3.09. The molecule has 0 aromatic carbocycles. The molecule has 2 atom stereocenters. The molecule has 1 fully saturated rings. The minimum Gasteiger partial charge on any atom is -0.453 e. The van der Waals surface area contributed by atoms with E-state index in [1.807, 2.05) is 0 Å². The zero-order valence-electron chi connectivity index (χ0n) is 10.5. The molecule has 1 amide bonds. The molecule has 2 unspecified atom stereocenters. The Hall–Kier alpha value is -0.810. The van der Waals surface area contributed by atoms with Crippen LogP contribution in [0.1, 0.15) is 27.2 Å². The number of ether oxygens (including phenoxy) is 1. The molecule has 5 heteroatoms. The molecule has 0 radical (unpaired) electrons. The van der Waals surface area contributed by atoms with Crippen LogP contribution in [0, 0.1) is 0 Å². The van der Waals surface area contributed by atoms with Gasteiger partial charge in [-0.1, -0.05) is 0 Å². The fraction of sp³-hybridized carbons (Fsp3) is 0.909. The van der Waals surface area contributed by atoms with Gasteiger partial charge in [-0.15, -0.1) is 0 Å². The van der Waals surface area contributed by atoms with E-state index in [2.05, 4.69) is 35.7 Å². The van der Waals surface area contributed by atoms with Gasteiger partial charge in [0, 0.05) is 24.2 Å². The van der Waals surface area contributed by atoms with Gasteiger partial charge in [-0.3, -0.25) is 4.90 Å². The van der Waals surface area contributed by atoms with E-state index in [4.69, 9.17) is 0 Å². The summed E-state index contributed by atoms with van der Waals surface area (Å²) in [5.74, 6) is 0. The van der Waals surface area contributed by atoms with Crippen LogP contribution in [0.15, 0.2) is 0 Å². The second kappa shape index (κ2) is 5.01. The van der Waals surface area contributed by atoms with Crippen LogP contribution in [0.2, 0.25) is 0 Å². The Bertz CT molecular complexity index is 250. The monoisotopic (exact) mass is 230 g/mol. The summed E-state index contributed by atoms with van der Waals surface area (Å²) < 4.78 is 4.57. The predicted octanol–water partition coefficient (Wildman–Crippen LogP) is 0.576. The number of carbonyl (C=O) groups excluding carboxylic acids is 1. The second-order valence-electron chi connectivity index (χ2n) is 5.23. The summed E-state index contributed by atoms with van der Waals surface area (Å²) in [6.07, 6.45) is 0.362. The van der Waals surface area contributed by atoms with Crippen molar-refractivity contribution in [1.82, 2.24) is 10.2 Å². The number of methoxy groups -OCH3 is 1. The molecule has 1 heterocycles. The van der Waals surface area contributed by atoms with Crippen LogP contribution in [-0.2, 0) is 4.74 Å². The maximum absolute atomic E-state index is 11.1. The molecule has 0 aromatic heterocycles. The van der Waals surface area contributed by atoms with E-state index in [9.17, 15) is 9.90 Å². The molecule has 1 aliphatic rings. The van der Waals surface area contributed by atoms with Crippen molar-refractivity contribution in [1.29, 1.82) is 0 Å². The average Bonchev–Trinajstić information content (AvgIpc) is 2.60. The molecular formula is C11H22N2O3. The van der Waals surface area contributed by atoms with E-state index < -0.39 is 6.09 Å². The lowest BCUT2D eigenvalue weighted by molar-refractivity contribution is 0.0796. The normalized spacial score (nSPS) is 26.8. The largest absolute Gasteiger partial charge is 0.453 e. The minimum atomic E-state index is -0.405. The van der Waals surface area contributed by atoms with Crippen molar-refractivity contribution in [3.05, 3.63) is 0 Å². The number of rotatable bonds is 2. The first kappa shape index (κ1) is 13.3. The smallest absolute Gasteiger partial charge is 0.407 e. The first-order valence-corrected chi connectivity index (χ1v) is 5.60. The van der Waals surface area contributed by atoms with Crippen molar-refractivity contribution in [3.8, 4) is 0 Å². The van der Waals surface area contributed by atoms with E-state index in [1.54, 1.807) is 0 Å². The van der Waals surface area contributed by atoms with Gasteiger partial charge in [0.15, 0.2) is 0 Å². The van der Waals surface area contributed by atoms with Gasteiger partial charge in [-0.25, -0.2) is 4.79 Å². The molecule has 94 valence electrons. The van der Waals surface area contributed by atoms with Crippen molar-refractivity contribution in [2.75, 3.05) is 20.3 Å². The van der Waals surface area contributed by atoms with E-state index in [-0.39, 0.29) is 24.2 Å². The summed E-state index contributed by atoms with van der Waals surface area (Å²) >= 11 is 0. The van der Waals surface area contributed by atoms with Crippen molar-refractivity contribution < 1.29 is 14.6 Å². The zero-order chi connectivity index (χ0) is 12.3. The van der Waals surface area contributed by atoms with Crippen LogP contribution in [0.25, 0.3) is 0 Å². The van der Waals surface area contributed by atoms with Gasteiger partial charge >= 0.3 is 6.09 Å². The van der Waals surface area contributed by atoms with Gasteiger partial charge in [0.25, 0.3) is 0 Å². The van der Waals surface area contributed by atoms with Crippen LogP contribution in [0.5, 0.6) is 0 Å². The summed E-state index contributed by atoms with van der Waals surface area (Å²) in [5, 5.41) is 12.1. The van der Waals surface area contributed by atoms with Gasteiger partial charge < -0.3 is 15.2 Å². The number of nitrogens with one attached hydrogen (secondary N) is 1. The van der Waals surface area contributed by atoms with Crippen LogP contribution in [-0.4, -0.2) is 54.0 Å². The lowest BCUT2D eigenvalue weighted by atomic mass is 10.1. The third-order valence-electron chi connectivity index (χ3n) is 2.99. The second-order valence-corrected chi connectivity index (χ2v) is 5.23. The summed E-state index contributed by atoms with van der Waals surface area (Å²) in [5.41, 5.74) is -0.0000535. The summed E-state index contributed by atoms with van der Waals surface area (Å²) in [6.45, 7) is 7.20. The maximum Gasteiger partial charge on any atom is 0.407 e. The molecule has 0 aliphatic carbocycles. The highest BCUT2D eigenvalue weighted by molar-refractivity contribution is 5.67. The zero-order valence-corrected chi connectivity index (χ0v) is 10.5. The van der Waals surface area contributed by atoms with Crippen LogP contribution in [0.4, 0.5) is 4.79 Å². The first-order valence-electron chi connectivity index (χ1n) is 5.60. The van der Waals surface area contributed by atoms with Crippen molar-refractivity contribution >= 4 is 6.09 Å². The summed E-state index contributed by atoms with van der Waals surface area (Å²) in [4.78, 5) is 13.3. The van der Waals surface area contributed by atoms with Crippen molar-refractivity contribution in [2.45, 2.75) is 44.8 Å². The van der Waals surface area contributed by atoms with Crippen LogP contribution >= 0.6 is 0 Å². The fourth-order valence-electron chi connectivity index (χ4n) is 2.24. The number of amides is 1. The average molecular weight is 230 g/mol. The molecule has 0 aromatic rings. The standard InChI is InChI=1S/C11H22N2O3/c1-11(2,3)13-6-8(5-9(13)7-14)12-10(15)16-4/h8-9,14H,5-7H2,1-4H3,(H,12,15). The Labute approximate surface area is 96.8 Å². The Morgan fingerprint density at radius 3 is 2.56 bits per heavy atom. The first-order chi connectivity index (χ1) is 7.38. The molecule has 5 nitrogen and oxygen atoms in total. The molecule has 1 aliphatic heterocycles. The Balaban J connectivity index is 2.60. The van der Waals surface area contributed by atoms with Crippen LogP contribution < -0.4 is 5.32 Å². The predicted molar refractivity (Wildman–Crippen MR) is 61.3 cm³/mol. The number of alkyl carbamates (subject to hydrolysis) is 1. The summed E-state index contributed by atoms with van der Waals surface area (Å²) in [6, 6.07) is 0.172. The summed E-state index contributed by atoms with van der Waals surface area (Å²) in [7, 11) is 1.36. The number of hydrogen-bond acceptors (Lipinski definition) is 4. The molecule has 0 spiro atoms. The van der Waals surface area contributed by atoms with Gasteiger partial charge in [0.2, 0.25) is 0 Å². The number of likely N-dealkylation sites (tertiary alicyclic amines) is 1. The third-order valence-corrected chi connectivity index (χ3v) is 2.99. The number of aliphatic hydroxyl groups is 1. The van der Waals surface area contributed by atoms with Gasteiger partial charge in [-0.2, -0.15) is 0 Å². The van der Waals surface area contributed by atoms with Gasteiger partial charge in [0.1, 0.15) is 0 Å². The molecule has 0 saturated carbocycles. The number of nitrogens with zero attached hydrogens (tertiary/aromatic N) is 1. The van der Waals surface area contributed by atoms with Gasteiger partial charge in [-0.05, 0) is 27.2 Å². The number of carbonyl (C=O) groups is 1. The minimum absolute atomic E-state index is 0.0000535. The molecule has 16 heavy (non-hydrogen) atoms. The van der Waals surface area contributed by atoms with Crippen molar-refractivity contribution in [3.63, 3.8) is 0 Å². The molecule has 0 bridgehead atoms. The highest BCUT2D eigenvalue weighted by atomic mass is 16.5. The Kier molecular flexibility index (Phi) is 4.15. The maximum atomic E-state index is 11.1. The molecule has 1 rings (SSSR count). The SMILES string of the molecule is COC(=O)NC1CC(CO)N(C(C)(C)C)C1. The topological polar surface area (TPSA) is 61.8 Å². The highest BCUT2D eigenvalue weighted by Crippen LogP contribution is 2.26. The quantitative estimate of drug-likeness (QED) is 0.728. The lowest BCUT2D eigenvalue weighted by Gasteiger charge is -2.36. The van der Waals surface area contributed by atoms with E-state index in [0.29, 0.717) is 0 Å². The Morgan fingerprint density at radius 2 is 2.19 bits per heavy atom. The number of aliphatic hydroxyl groups excluding tert-OH is 1. The van der Waals surface area contributed by atoms with Gasteiger partial charge in [0.05, 0.1) is 13.7 Å².